The van der Waals surface area contributed by atoms with Crippen molar-refractivity contribution in [2.75, 3.05) is 23.3 Å². The van der Waals surface area contributed by atoms with Crippen LogP contribution in [0.25, 0.3) is 10.6 Å². The molecule has 0 radical (unpaired) electrons. The first kappa shape index (κ1) is 20.4. The zero-order valence-corrected chi connectivity index (χ0v) is 17.3. The first-order valence-corrected chi connectivity index (χ1v) is 10.6. The van der Waals surface area contributed by atoms with E-state index in [4.69, 9.17) is 5.73 Å². The van der Waals surface area contributed by atoms with Gasteiger partial charge in [-0.15, -0.1) is 11.3 Å². The third kappa shape index (κ3) is 4.05. The smallest absolute Gasteiger partial charge is 0.275 e. The van der Waals surface area contributed by atoms with Crippen LogP contribution in [0.3, 0.4) is 0 Å². The fourth-order valence-electron chi connectivity index (χ4n) is 3.61. The molecule has 2 aromatic heterocycles. The largest absolute Gasteiger partial charge is 0.355 e. The van der Waals surface area contributed by atoms with Gasteiger partial charge in [0.25, 0.3) is 5.91 Å². The minimum absolute atomic E-state index is 0.0883. The lowest BCUT2D eigenvalue weighted by atomic mass is 10.1. The predicted octanol–water partition coefficient (Wildman–Crippen LogP) is 3.39. The zero-order valence-electron chi connectivity index (χ0n) is 16.4. The third-order valence-electron chi connectivity index (χ3n) is 5.14. The van der Waals surface area contributed by atoms with Crippen molar-refractivity contribution < 1.29 is 13.6 Å². The fraction of sp³-hybridized carbons (Fsp3) is 0.350. The molecule has 1 fully saturated rings. The van der Waals surface area contributed by atoms with Gasteiger partial charge in [0.05, 0.1) is 11.8 Å². The van der Waals surface area contributed by atoms with Crippen molar-refractivity contribution in [3.63, 3.8) is 0 Å². The van der Waals surface area contributed by atoms with Gasteiger partial charge < -0.3 is 16.0 Å². The molecule has 0 aliphatic carbocycles. The third-order valence-corrected chi connectivity index (χ3v) is 6.00. The average Bonchev–Trinajstić information content (AvgIpc) is 3.26. The van der Waals surface area contributed by atoms with E-state index in [0.29, 0.717) is 5.69 Å². The second-order valence-corrected chi connectivity index (χ2v) is 8.13. The predicted molar refractivity (Wildman–Crippen MR) is 113 cm³/mol. The number of amides is 1. The summed E-state index contributed by atoms with van der Waals surface area (Å²) in [7, 11) is 1.82. The molecular formula is C20H22F2N6OS. The monoisotopic (exact) mass is 432 g/mol. The Bertz CT molecular complexity index is 1050. The van der Waals surface area contributed by atoms with E-state index in [1.807, 2.05) is 7.05 Å². The molecule has 0 bridgehead atoms. The van der Waals surface area contributed by atoms with E-state index in [2.05, 4.69) is 20.3 Å². The van der Waals surface area contributed by atoms with Gasteiger partial charge in [-0.2, -0.15) is 5.10 Å². The highest BCUT2D eigenvalue weighted by molar-refractivity contribution is 7.13. The molecule has 0 saturated carbocycles. The summed E-state index contributed by atoms with van der Waals surface area (Å²) in [6.07, 6.45) is 4.37. The van der Waals surface area contributed by atoms with Crippen LogP contribution in [0.1, 0.15) is 29.8 Å². The van der Waals surface area contributed by atoms with Crippen molar-refractivity contribution in [1.29, 1.82) is 0 Å². The number of anilines is 2. The van der Waals surface area contributed by atoms with Crippen LogP contribution in [0.2, 0.25) is 0 Å². The first-order chi connectivity index (χ1) is 14.4. The number of carbonyl (C=O) groups is 1. The Hall–Kier alpha value is -2.85. The van der Waals surface area contributed by atoms with Crippen molar-refractivity contribution in [3.05, 3.63) is 47.1 Å². The molecule has 10 heteroatoms. The summed E-state index contributed by atoms with van der Waals surface area (Å²) in [5.41, 5.74) is 6.49. The molecule has 0 spiro atoms. The maximum absolute atomic E-state index is 14.0. The molecule has 1 atom stereocenters. The van der Waals surface area contributed by atoms with Crippen LogP contribution in [0.15, 0.2) is 29.8 Å². The van der Waals surface area contributed by atoms with E-state index in [1.54, 1.807) is 10.9 Å². The molecule has 4 rings (SSSR count). The number of rotatable bonds is 4. The van der Waals surface area contributed by atoms with Crippen LogP contribution < -0.4 is 16.0 Å². The van der Waals surface area contributed by atoms with E-state index in [9.17, 15) is 13.6 Å². The van der Waals surface area contributed by atoms with Gasteiger partial charge in [0.1, 0.15) is 28.0 Å². The zero-order chi connectivity index (χ0) is 21.3. The molecule has 30 heavy (non-hydrogen) atoms. The van der Waals surface area contributed by atoms with Gasteiger partial charge in [-0.1, -0.05) is 6.07 Å². The van der Waals surface area contributed by atoms with Gasteiger partial charge in [0.2, 0.25) is 0 Å². The Balaban J connectivity index is 1.55. The number of nitrogens with one attached hydrogen (secondary N) is 1. The van der Waals surface area contributed by atoms with Crippen molar-refractivity contribution in [1.82, 2.24) is 14.8 Å². The van der Waals surface area contributed by atoms with Gasteiger partial charge in [-0.25, -0.2) is 13.8 Å². The summed E-state index contributed by atoms with van der Waals surface area (Å²) < 4.78 is 29.7. The first-order valence-electron chi connectivity index (χ1n) is 9.68. The van der Waals surface area contributed by atoms with Crippen LogP contribution in [0.5, 0.6) is 0 Å². The van der Waals surface area contributed by atoms with Gasteiger partial charge in [-0.05, 0) is 31.4 Å². The van der Waals surface area contributed by atoms with Crippen LogP contribution in [-0.2, 0) is 7.05 Å². The Labute approximate surface area is 176 Å². The lowest BCUT2D eigenvalue weighted by Gasteiger charge is -2.24. The molecule has 1 aromatic carbocycles. The Morgan fingerprint density at radius 1 is 1.27 bits per heavy atom. The molecule has 158 valence electrons. The average molecular weight is 433 g/mol. The summed E-state index contributed by atoms with van der Waals surface area (Å²) in [5.74, 6) is -1.10. The van der Waals surface area contributed by atoms with Crippen LogP contribution >= 0.6 is 11.3 Å². The topological polar surface area (TPSA) is 89.1 Å². The minimum Gasteiger partial charge on any atom is -0.355 e. The minimum atomic E-state index is -0.717. The summed E-state index contributed by atoms with van der Waals surface area (Å²) in [5, 5.41) is 8.71. The Morgan fingerprint density at radius 3 is 2.80 bits per heavy atom. The van der Waals surface area contributed by atoms with Crippen molar-refractivity contribution in [2.24, 2.45) is 12.8 Å². The molecule has 1 saturated heterocycles. The van der Waals surface area contributed by atoms with Crippen molar-refractivity contribution in [3.8, 4) is 10.6 Å². The van der Waals surface area contributed by atoms with Gasteiger partial charge >= 0.3 is 0 Å². The highest BCUT2D eigenvalue weighted by Gasteiger charge is 2.23. The summed E-state index contributed by atoms with van der Waals surface area (Å²) in [6.45, 7) is 1.60. The summed E-state index contributed by atoms with van der Waals surface area (Å²) in [4.78, 5) is 19.1. The van der Waals surface area contributed by atoms with E-state index in [1.165, 1.54) is 11.4 Å². The highest BCUT2D eigenvalue weighted by atomic mass is 32.1. The molecule has 3 aromatic rings. The van der Waals surface area contributed by atoms with Gasteiger partial charge in [-0.3, -0.25) is 9.48 Å². The molecule has 3 heterocycles. The molecule has 7 nitrogen and oxygen atoms in total. The number of nitrogens with zero attached hydrogens (tertiary/aromatic N) is 4. The van der Waals surface area contributed by atoms with E-state index >= 15 is 0 Å². The standard InChI is InChI=1S/C20H22F2N6OS/c1-27-20(28-8-3-4-12(23)7-9-28)15(10-24-27)25-18(29)16-11-30-19(26-16)17-13(21)5-2-6-14(17)22/h2,5-6,10-12H,3-4,7-9,23H2,1H3,(H,25,29)/t12-/m1/s1. The normalized spacial score (nSPS) is 17.1. The molecule has 1 aliphatic rings. The number of halogens is 2. The maximum Gasteiger partial charge on any atom is 0.275 e. The number of hydrogen-bond acceptors (Lipinski definition) is 6. The Morgan fingerprint density at radius 2 is 2.03 bits per heavy atom. The van der Waals surface area contributed by atoms with Gasteiger partial charge in [0.15, 0.2) is 5.82 Å². The van der Waals surface area contributed by atoms with E-state index < -0.39 is 17.5 Å². The number of aromatic nitrogens is 3. The quantitative estimate of drug-likeness (QED) is 0.660. The number of thiazole rings is 1. The van der Waals surface area contributed by atoms with Crippen LogP contribution in [0, 0.1) is 11.6 Å². The molecular weight excluding hydrogens is 410 g/mol. The maximum atomic E-state index is 14.0. The molecule has 3 N–H and O–H groups in total. The van der Waals surface area contributed by atoms with Crippen LogP contribution in [-0.4, -0.2) is 39.8 Å². The lowest BCUT2D eigenvalue weighted by Crippen LogP contribution is -2.29. The molecule has 0 unspecified atom stereocenters. The molecule has 1 aliphatic heterocycles. The molecule has 1 amide bonds. The highest BCUT2D eigenvalue weighted by Crippen LogP contribution is 2.31. The van der Waals surface area contributed by atoms with Crippen molar-refractivity contribution in [2.45, 2.75) is 25.3 Å². The lowest BCUT2D eigenvalue weighted by molar-refractivity contribution is 0.102. The second-order valence-electron chi connectivity index (χ2n) is 7.27. The van der Waals surface area contributed by atoms with E-state index in [0.717, 1.165) is 61.6 Å². The SMILES string of the molecule is Cn1ncc(NC(=O)c2csc(-c3c(F)cccc3F)n2)c1N1CCC[C@@H](N)CC1. The summed E-state index contributed by atoms with van der Waals surface area (Å²) in [6, 6.07) is 3.78. The van der Waals surface area contributed by atoms with E-state index in [-0.39, 0.29) is 22.3 Å². The Kier molecular flexibility index (Phi) is 5.78. The second kappa shape index (κ2) is 8.49. The number of nitrogens with two attached hydrogens (primary N) is 1. The number of benzene rings is 1. The number of hydrogen-bond donors (Lipinski definition) is 2. The number of aryl methyl sites for hydroxylation is 1. The number of carbonyl (C=O) groups excluding carboxylic acids is 1. The fourth-order valence-corrected chi connectivity index (χ4v) is 4.46. The van der Waals surface area contributed by atoms with Gasteiger partial charge in [0, 0.05) is 31.6 Å². The van der Waals surface area contributed by atoms with Crippen LogP contribution in [0.4, 0.5) is 20.3 Å². The summed E-state index contributed by atoms with van der Waals surface area (Å²) >= 11 is 1.01. The van der Waals surface area contributed by atoms with Crippen molar-refractivity contribution >= 4 is 28.7 Å².